The second-order valence-corrected chi connectivity index (χ2v) is 4.26. The lowest BCUT2D eigenvalue weighted by atomic mass is 10.2. The molecule has 70 valence electrons. The number of nitrogens with two attached hydrogens (primary N) is 1. The Morgan fingerprint density at radius 1 is 1.50 bits per heavy atom. The molecule has 12 heavy (non-hydrogen) atoms. The Balaban J connectivity index is 1.85. The summed E-state index contributed by atoms with van der Waals surface area (Å²) in [7, 11) is 0. The Bertz CT molecular complexity index is 181. The molecular weight excluding hydrogens is 154 g/mol. The molecule has 1 saturated carbocycles. The molecule has 2 N–H and O–H groups in total. The number of hydrogen-bond acceptors (Lipinski definition) is 3. The van der Waals surface area contributed by atoms with E-state index in [1.165, 1.54) is 6.42 Å². The standard InChI is InChI=1S/C9H17NO2/c1-9(2)11-5-8(12-9)7-3-6(7)4-10/h6-8H,3-5,10H2,1-2H3/t6?,7?,8-/m1/s1. The van der Waals surface area contributed by atoms with Gasteiger partial charge in [-0.25, -0.2) is 0 Å². The highest BCUT2D eigenvalue weighted by molar-refractivity contribution is 4.94. The topological polar surface area (TPSA) is 44.5 Å². The third-order valence-electron chi connectivity index (χ3n) is 2.79. The maximum atomic E-state index is 5.73. The Labute approximate surface area is 73.2 Å². The van der Waals surface area contributed by atoms with Crippen LogP contribution in [-0.2, 0) is 9.47 Å². The molecule has 2 aliphatic rings. The van der Waals surface area contributed by atoms with Gasteiger partial charge in [-0.1, -0.05) is 0 Å². The molecule has 0 aromatic carbocycles. The second kappa shape index (κ2) is 2.69. The van der Waals surface area contributed by atoms with Crippen LogP contribution in [-0.4, -0.2) is 25.0 Å². The summed E-state index contributed by atoms with van der Waals surface area (Å²) in [5, 5.41) is 0. The highest BCUT2D eigenvalue weighted by atomic mass is 16.7. The smallest absolute Gasteiger partial charge is 0.163 e. The van der Waals surface area contributed by atoms with Crippen LogP contribution in [0.4, 0.5) is 0 Å². The summed E-state index contributed by atoms with van der Waals surface area (Å²) in [4.78, 5) is 0. The molecule has 0 bridgehead atoms. The first kappa shape index (κ1) is 8.48. The van der Waals surface area contributed by atoms with E-state index in [0.29, 0.717) is 17.9 Å². The number of rotatable bonds is 2. The molecule has 3 nitrogen and oxygen atoms in total. The van der Waals surface area contributed by atoms with Gasteiger partial charge in [0.25, 0.3) is 0 Å². The van der Waals surface area contributed by atoms with Crippen LogP contribution in [0.25, 0.3) is 0 Å². The van der Waals surface area contributed by atoms with E-state index in [1.807, 2.05) is 13.8 Å². The minimum Gasteiger partial charge on any atom is -0.348 e. The molecule has 1 heterocycles. The minimum atomic E-state index is -0.369. The summed E-state index contributed by atoms with van der Waals surface area (Å²) in [5.41, 5.74) is 5.56. The molecule has 0 aromatic rings. The first-order valence-electron chi connectivity index (χ1n) is 4.64. The normalized spacial score (nSPS) is 44.8. The van der Waals surface area contributed by atoms with Crippen molar-refractivity contribution in [1.82, 2.24) is 0 Å². The van der Waals surface area contributed by atoms with Crippen LogP contribution in [0.5, 0.6) is 0 Å². The summed E-state index contributed by atoms with van der Waals surface area (Å²) in [6, 6.07) is 0. The van der Waals surface area contributed by atoms with Crippen molar-refractivity contribution in [1.29, 1.82) is 0 Å². The van der Waals surface area contributed by atoms with Crippen molar-refractivity contribution in [2.24, 2.45) is 17.6 Å². The van der Waals surface area contributed by atoms with E-state index < -0.39 is 0 Å². The van der Waals surface area contributed by atoms with Crippen LogP contribution in [0.3, 0.4) is 0 Å². The van der Waals surface area contributed by atoms with E-state index in [9.17, 15) is 0 Å². The second-order valence-electron chi connectivity index (χ2n) is 4.26. The molecule has 0 spiro atoms. The fourth-order valence-corrected chi connectivity index (χ4v) is 1.92. The van der Waals surface area contributed by atoms with Crippen molar-refractivity contribution in [3.8, 4) is 0 Å². The van der Waals surface area contributed by atoms with Crippen LogP contribution in [0.15, 0.2) is 0 Å². The predicted octanol–water partition coefficient (Wildman–Crippen LogP) is 0.733. The fourth-order valence-electron chi connectivity index (χ4n) is 1.92. The lowest BCUT2D eigenvalue weighted by Crippen LogP contribution is -2.23. The average Bonchev–Trinajstić information content (AvgIpc) is 2.70. The molecule has 2 rings (SSSR count). The highest BCUT2D eigenvalue weighted by Gasteiger charge is 2.47. The number of ether oxygens (including phenoxy) is 2. The van der Waals surface area contributed by atoms with Gasteiger partial charge in [0.05, 0.1) is 12.7 Å². The van der Waals surface area contributed by atoms with Gasteiger partial charge in [-0.05, 0) is 38.6 Å². The van der Waals surface area contributed by atoms with Crippen molar-refractivity contribution < 1.29 is 9.47 Å². The van der Waals surface area contributed by atoms with E-state index in [0.717, 1.165) is 13.2 Å². The van der Waals surface area contributed by atoms with E-state index in [4.69, 9.17) is 15.2 Å². The molecule has 3 atom stereocenters. The minimum absolute atomic E-state index is 0.300. The lowest BCUT2D eigenvalue weighted by molar-refractivity contribution is -0.140. The molecule has 0 radical (unpaired) electrons. The maximum Gasteiger partial charge on any atom is 0.163 e. The van der Waals surface area contributed by atoms with E-state index in [1.54, 1.807) is 0 Å². The molecule has 3 heteroatoms. The Morgan fingerprint density at radius 2 is 2.25 bits per heavy atom. The van der Waals surface area contributed by atoms with Gasteiger partial charge in [-0.2, -0.15) is 0 Å². The quantitative estimate of drug-likeness (QED) is 0.666. The molecule has 0 amide bonds. The van der Waals surface area contributed by atoms with Gasteiger partial charge in [-0.3, -0.25) is 0 Å². The average molecular weight is 171 g/mol. The summed E-state index contributed by atoms with van der Waals surface area (Å²) >= 11 is 0. The van der Waals surface area contributed by atoms with Gasteiger partial charge in [-0.15, -0.1) is 0 Å². The summed E-state index contributed by atoms with van der Waals surface area (Å²) < 4.78 is 11.2. The molecule has 1 saturated heterocycles. The van der Waals surface area contributed by atoms with Crippen molar-refractivity contribution in [3.05, 3.63) is 0 Å². The van der Waals surface area contributed by atoms with Gasteiger partial charge in [0.15, 0.2) is 5.79 Å². The van der Waals surface area contributed by atoms with E-state index >= 15 is 0 Å². The van der Waals surface area contributed by atoms with Crippen molar-refractivity contribution >= 4 is 0 Å². The summed E-state index contributed by atoms with van der Waals surface area (Å²) in [6.07, 6.45) is 1.52. The van der Waals surface area contributed by atoms with Gasteiger partial charge >= 0.3 is 0 Å². The molecular formula is C9H17NO2. The lowest BCUT2D eigenvalue weighted by Gasteiger charge is -2.16. The Hall–Kier alpha value is -0.120. The molecule has 2 unspecified atom stereocenters. The fraction of sp³-hybridized carbons (Fsp3) is 1.00. The van der Waals surface area contributed by atoms with Crippen LogP contribution in [0, 0.1) is 11.8 Å². The number of hydrogen-bond donors (Lipinski definition) is 1. The van der Waals surface area contributed by atoms with Gasteiger partial charge in [0, 0.05) is 0 Å². The largest absolute Gasteiger partial charge is 0.348 e. The zero-order chi connectivity index (χ0) is 8.77. The SMILES string of the molecule is CC1(C)OC[C@H](C2CC2CN)O1. The van der Waals surface area contributed by atoms with Crippen LogP contribution < -0.4 is 5.73 Å². The summed E-state index contributed by atoms with van der Waals surface area (Å²) in [6.45, 7) is 5.47. The zero-order valence-corrected chi connectivity index (χ0v) is 7.75. The third kappa shape index (κ3) is 1.49. The zero-order valence-electron chi connectivity index (χ0n) is 7.75. The Kier molecular flexibility index (Phi) is 1.90. The maximum absolute atomic E-state index is 5.73. The van der Waals surface area contributed by atoms with Crippen LogP contribution >= 0.6 is 0 Å². The van der Waals surface area contributed by atoms with Crippen molar-refractivity contribution in [3.63, 3.8) is 0 Å². The molecule has 0 aromatic heterocycles. The highest BCUT2D eigenvalue weighted by Crippen LogP contribution is 2.44. The first-order chi connectivity index (χ1) is 5.62. The predicted molar refractivity (Wildman–Crippen MR) is 45.6 cm³/mol. The van der Waals surface area contributed by atoms with Crippen molar-refractivity contribution in [2.75, 3.05) is 13.2 Å². The van der Waals surface area contributed by atoms with E-state index in [-0.39, 0.29) is 5.79 Å². The Morgan fingerprint density at radius 3 is 2.67 bits per heavy atom. The van der Waals surface area contributed by atoms with E-state index in [2.05, 4.69) is 0 Å². The molecule has 1 aliphatic heterocycles. The van der Waals surface area contributed by atoms with Crippen molar-refractivity contribution in [2.45, 2.75) is 32.2 Å². The molecule has 1 aliphatic carbocycles. The van der Waals surface area contributed by atoms with Crippen LogP contribution in [0.2, 0.25) is 0 Å². The van der Waals surface area contributed by atoms with Crippen LogP contribution in [0.1, 0.15) is 20.3 Å². The monoisotopic (exact) mass is 171 g/mol. The molecule has 2 fully saturated rings. The van der Waals surface area contributed by atoms with Gasteiger partial charge < -0.3 is 15.2 Å². The summed E-state index contributed by atoms with van der Waals surface area (Å²) in [5.74, 6) is 0.983. The third-order valence-corrected chi connectivity index (χ3v) is 2.79. The first-order valence-corrected chi connectivity index (χ1v) is 4.64. The van der Waals surface area contributed by atoms with Gasteiger partial charge in [0.2, 0.25) is 0 Å². The van der Waals surface area contributed by atoms with Gasteiger partial charge in [0.1, 0.15) is 0 Å².